The van der Waals surface area contributed by atoms with Crippen LogP contribution >= 0.6 is 11.6 Å². The summed E-state index contributed by atoms with van der Waals surface area (Å²) in [5, 5.41) is 10.6. The minimum atomic E-state index is -1.23. The van der Waals surface area contributed by atoms with Crippen LogP contribution in [0, 0.1) is 25.5 Å². The van der Waals surface area contributed by atoms with Crippen molar-refractivity contribution in [3.63, 3.8) is 0 Å². The van der Waals surface area contributed by atoms with Crippen molar-refractivity contribution in [2.75, 3.05) is 0 Å². The quantitative estimate of drug-likeness (QED) is 0.406. The monoisotopic (exact) mass is 513 g/mol. The van der Waals surface area contributed by atoms with E-state index in [9.17, 15) is 18.7 Å². The fourth-order valence-corrected chi connectivity index (χ4v) is 3.66. The van der Waals surface area contributed by atoms with Gasteiger partial charge in [-0.3, -0.25) is 14.3 Å². The van der Waals surface area contributed by atoms with Gasteiger partial charge in [0.1, 0.15) is 29.5 Å². The highest BCUT2D eigenvalue weighted by Crippen LogP contribution is 2.28. The number of aryl methyl sites for hydroxylation is 1. The van der Waals surface area contributed by atoms with Gasteiger partial charge in [-0.15, -0.1) is 0 Å². The molecule has 0 fully saturated rings. The summed E-state index contributed by atoms with van der Waals surface area (Å²) in [5.74, 6) is -1.15. The predicted molar refractivity (Wildman–Crippen MR) is 129 cm³/mol. The van der Waals surface area contributed by atoms with Gasteiger partial charge in [0.2, 0.25) is 5.88 Å². The smallest absolute Gasteiger partial charge is 0.264 e. The molecule has 0 spiro atoms. The van der Waals surface area contributed by atoms with E-state index in [1.807, 2.05) is 0 Å². The zero-order valence-corrected chi connectivity index (χ0v) is 20.6. The van der Waals surface area contributed by atoms with Crippen molar-refractivity contribution in [1.29, 1.82) is 0 Å². The van der Waals surface area contributed by atoms with Crippen LogP contribution in [-0.2, 0) is 12.2 Å². The first-order chi connectivity index (χ1) is 17.0. The third kappa shape index (κ3) is 5.09. The number of ether oxygens (including phenoxy) is 1. The summed E-state index contributed by atoms with van der Waals surface area (Å²) in [6, 6.07) is 7.44. The molecule has 8 nitrogen and oxygen atoms in total. The Hall–Kier alpha value is -3.76. The molecule has 0 bridgehead atoms. The SMILES string of the molecule is Cc1c(OCc2ncc(F)cc2F)nc(C)n(-c2cc(-c3ccnc(C(C)(C)O)n3)ccc2Cl)c1=O. The maximum Gasteiger partial charge on any atom is 0.264 e. The molecular weight excluding hydrogens is 492 g/mol. The van der Waals surface area contributed by atoms with Crippen molar-refractivity contribution in [2.24, 2.45) is 0 Å². The van der Waals surface area contributed by atoms with E-state index in [4.69, 9.17) is 16.3 Å². The molecule has 3 heterocycles. The largest absolute Gasteiger partial charge is 0.471 e. The average Bonchev–Trinajstić information content (AvgIpc) is 2.82. The minimum Gasteiger partial charge on any atom is -0.471 e. The molecule has 3 aromatic heterocycles. The number of halogens is 3. The lowest BCUT2D eigenvalue weighted by Gasteiger charge is -2.17. The number of aliphatic hydroxyl groups is 1. The highest BCUT2D eigenvalue weighted by Gasteiger charge is 2.21. The molecule has 4 rings (SSSR count). The summed E-state index contributed by atoms with van der Waals surface area (Å²) in [4.78, 5) is 29.9. The maximum atomic E-state index is 13.9. The lowest BCUT2D eigenvalue weighted by molar-refractivity contribution is 0.0688. The van der Waals surface area contributed by atoms with Crippen LogP contribution in [0.5, 0.6) is 5.88 Å². The van der Waals surface area contributed by atoms with Crippen molar-refractivity contribution in [2.45, 2.75) is 39.9 Å². The molecule has 1 N–H and O–H groups in total. The van der Waals surface area contributed by atoms with Gasteiger partial charge in [-0.05, 0) is 45.9 Å². The second-order valence-electron chi connectivity index (χ2n) is 8.59. The number of benzene rings is 1. The lowest BCUT2D eigenvalue weighted by Crippen LogP contribution is -2.25. The summed E-state index contributed by atoms with van der Waals surface area (Å²) in [7, 11) is 0. The highest BCUT2D eigenvalue weighted by atomic mass is 35.5. The van der Waals surface area contributed by atoms with Gasteiger partial charge in [-0.2, -0.15) is 4.98 Å². The van der Waals surface area contributed by atoms with Crippen LogP contribution in [0.2, 0.25) is 5.02 Å². The number of rotatable bonds is 6. The first kappa shape index (κ1) is 25.3. The highest BCUT2D eigenvalue weighted by molar-refractivity contribution is 6.32. The molecule has 0 aliphatic rings. The van der Waals surface area contributed by atoms with E-state index in [0.717, 1.165) is 6.20 Å². The number of aromatic nitrogens is 5. The molecule has 0 radical (unpaired) electrons. The number of pyridine rings is 1. The zero-order chi connectivity index (χ0) is 26.2. The Morgan fingerprint density at radius 3 is 2.56 bits per heavy atom. The maximum absolute atomic E-state index is 13.9. The van der Waals surface area contributed by atoms with Crippen molar-refractivity contribution < 1.29 is 18.6 Å². The summed E-state index contributed by atoms with van der Waals surface area (Å²) in [6.45, 7) is 5.95. The van der Waals surface area contributed by atoms with E-state index >= 15 is 0 Å². The first-order valence-corrected chi connectivity index (χ1v) is 11.2. The average molecular weight is 514 g/mol. The minimum absolute atomic E-state index is 0.00262. The van der Waals surface area contributed by atoms with Crippen LogP contribution in [0.15, 0.2) is 47.5 Å². The van der Waals surface area contributed by atoms with Crippen molar-refractivity contribution in [3.05, 3.63) is 92.6 Å². The normalized spacial score (nSPS) is 11.6. The second-order valence-corrected chi connectivity index (χ2v) is 9.00. The van der Waals surface area contributed by atoms with Gasteiger partial charge in [0.15, 0.2) is 11.6 Å². The number of nitrogens with zero attached hydrogens (tertiary/aromatic N) is 5. The van der Waals surface area contributed by atoms with Gasteiger partial charge in [-0.1, -0.05) is 17.7 Å². The topological polar surface area (TPSA) is 103 Å². The standard InChI is InChI=1S/C25H22ClF2N5O3/c1-13-22(36-12-20-18(28)10-16(27)11-30-20)31-14(2)33(23(13)34)21-9-15(5-6-17(21)26)19-7-8-29-24(32-19)25(3,4)35/h5-11,35H,12H2,1-4H3. The van der Waals surface area contributed by atoms with Gasteiger partial charge in [0.05, 0.1) is 28.2 Å². The van der Waals surface area contributed by atoms with Crippen LogP contribution in [0.3, 0.4) is 0 Å². The summed E-state index contributed by atoms with van der Waals surface area (Å²) < 4.78 is 33.9. The van der Waals surface area contributed by atoms with Crippen LogP contribution in [0.4, 0.5) is 8.78 Å². The van der Waals surface area contributed by atoms with Crippen LogP contribution in [0.1, 0.15) is 36.8 Å². The van der Waals surface area contributed by atoms with E-state index in [0.29, 0.717) is 28.0 Å². The van der Waals surface area contributed by atoms with Gasteiger partial charge in [-0.25, -0.2) is 18.7 Å². The van der Waals surface area contributed by atoms with Crippen LogP contribution in [-0.4, -0.2) is 29.6 Å². The summed E-state index contributed by atoms with van der Waals surface area (Å²) in [5.41, 5.74) is -0.0883. The van der Waals surface area contributed by atoms with Crippen molar-refractivity contribution >= 4 is 11.6 Å². The van der Waals surface area contributed by atoms with E-state index in [1.54, 1.807) is 45.0 Å². The number of hydrogen-bond donors (Lipinski definition) is 1. The molecule has 4 aromatic rings. The first-order valence-electron chi connectivity index (χ1n) is 10.8. The van der Waals surface area contributed by atoms with Crippen LogP contribution < -0.4 is 10.3 Å². The number of hydrogen-bond acceptors (Lipinski definition) is 7. The Labute approximate surface area is 210 Å². The van der Waals surface area contributed by atoms with Crippen LogP contribution in [0.25, 0.3) is 16.9 Å². The third-order valence-electron chi connectivity index (χ3n) is 5.35. The summed E-state index contributed by atoms with van der Waals surface area (Å²) >= 11 is 6.46. The van der Waals surface area contributed by atoms with Gasteiger partial charge < -0.3 is 9.84 Å². The Morgan fingerprint density at radius 2 is 1.86 bits per heavy atom. The third-order valence-corrected chi connectivity index (χ3v) is 5.67. The molecule has 0 saturated heterocycles. The Bertz CT molecular complexity index is 1520. The fourth-order valence-electron chi connectivity index (χ4n) is 3.45. The molecule has 36 heavy (non-hydrogen) atoms. The van der Waals surface area contributed by atoms with E-state index in [2.05, 4.69) is 19.9 Å². The molecule has 1 aromatic carbocycles. The molecule has 0 amide bonds. The van der Waals surface area contributed by atoms with E-state index in [1.165, 1.54) is 17.7 Å². The Morgan fingerprint density at radius 1 is 1.11 bits per heavy atom. The molecule has 0 aliphatic heterocycles. The molecule has 0 unspecified atom stereocenters. The van der Waals surface area contributed by atoms with Crippen molar-refractivity contribution in [1.82, 2.24) is 24.5 Å². The second kappa shape index (κ2) is 9.71. The van der Waals surface area contributed by atoms with Gasteiger partial charge >= 0.3 is 0 Å². The van der Waals surface area contributed by atoms with E-state index < -0.39 is 22.8 Å². The predicted octanol–water partition coefficient (Wildman–Crippen LogP) is 4.44. The van der Waals surface area contributed by atoms with Crippen molar-refractivity contribution in [3.8, 4) is 22.8 Å². The van der Waals surface area contributed by atoms with Gasteiger partial charge in [0, 0.05) is 17.8 Å². The molecular formula is C25H22ClF2N5O3. The molecule has 0 atom stereocenters. The zero-order valence-electron chi connectivity index (χ0n) is 19.9. The van der Waals surface area contributed by atoms with E-state index in [-0.39, 0.29) is 35.4 Å². The molecule has 186 valence electrons. The van der Waals surface area contributed by atoms with Gasteiger partial charge in [0.25, 0.3) is 5.56 Å². The lowest BCUT2D eigenvalue weighted by atomic mass is 10.1. The summed E-state index contributed by atoms with van der Waals surface area (Å²) in [6.07, 6.45) is 2.42. The molecule has 11 heteroatoms. The molecule has 0 aliphatic carbocycles. The molecule has 0 saturated carbocycles. The Kier molecular flexibility index (Phi) is 6.83. The fraction of sp³-hybridized carbons (Fsp3) is 0.240. The Balaban J connectivity index is 1.72.